The van der Waals surface area contributed by atoms with Gasteiger partial charge in [0.2, 0.25) is 0 Å². The Hall–Kier alpha value is -2.46. The highest BCUT2D eigenvalue weighted by molar-refractivity contribution is 7.99. The topological polar surface area (TPSA) is 29.5 Å². The van der Waals surface area contributed by atoms with Crippen molar-refractivity contribution in [2.24, 2.45) is 0 Å². The summed E-state index contributed by atoms with van der Waals surface area (Å²) in [7, 11) is 0. The summed E-state index contributed by atoms with van der Waals surface area (Å²) in [5, 5.41) is 2.06. The smallest absolute Gasteiger partial charge is 0.259 e. The van der Waals surface area contributed by atoms with Crippen molar-refractivity contribution in [1.29, 1.82) is 0 Å². The van der Waals surface area contributed by atoms with E-state index in [1.165, 1.54) is 5.56 Å². The highest BCUT2D eigenvalue weighted by atomic mass is 32.2. The highest BCUT2D eigenvalue weighted by Crippen LogP contribution is 2.40. The number of amides is 1. The van der Waals surface area contributed by atoms with Crippen molar-refractivity contribution >= 4 is 28.4 Å². The number of nitrogens with zero attached hydrogens (tertiary/aromatic N) is 1. The molecule has 1 fully saturated rings. The molecular formula is C22H21NO2S. The molecule has 132 valence electrons. The van der Waals surface area contributed by atoms with E-state index in [0.717, 1.165) is 23.1 Å². The molecule has 1 aliphatic heterocycles. The van der Waals surface area contributed by atoms with Gasteiger partial charge in [-0.3, -0.25) is 4.79 Å². The number of benzene rings is 3. The third kappa shape index (κ3) is 3.06. The molecule has 1 saturated heterocycles. The summed E-state index contributed by atoms with van der Waals surface area (Å²) in [6, 6.07) is 22.2. The number of hydrogen-bond acceptors (Lipinski definition) is 3. The predicted octanol–water partition coefficient (Wildman–Crippen LogP) is 5.13. The van der Waals surface area contributed by atoms with Gasteiger partial charge in [0.15, 0.2) is 0 Å². The average Bonchev–Trinajstić information content (AvgIpc) is 3.18. The van der Waals surface area contributed by atoms with Gasteiger partial charge in [0.05, 0.1) is 12.2 Å². The summed E-state index contributed by atoms with van der Waals surface area (Å²) < 4.78 is 5.81. The minimum Gasteiger partial charge on any atom is -0.493 e. The maximum atomic E-state index is 13.6. The van der Waals surface area contributed by atoms with Gasteiger partial charge in [-0.2, -0.15) is 0 Å². The number of rotatable bonds is 4. The van der Waals surface area contributed by atoms with Gasteiger partial charge in [-0.1, -0.05) is 60.7 Å². The fourth-order valence-corrected chi connectivity index (χ4v) is 4.72. The van der Waals surface area contributed by atoms with Gasteiger partial charge in [0.25, 0.3) is 5.91 Å². The SMILES string of the molecule is CCOc1ccc2ccccc2c1C(=O)N1CCSC1c1ccccc1. The summed E-state index contributed by atoms with van der Waals surface area (Å²) in [5.41, 5.74) is 1.84. The molecular weight excluding hydrogens is 342 g/mol. The lowest BCUT2D eigenvalue weighted by molar-refractivity contribution is 0.0758. The van der Waals surface area contributed by atoms with Gasteiger partial charge in [-0.15, -0.1) is 11.8 Å². The first-order valence-corrected chi connectivity index (χ1v) is 9.96. The van der Waals surface area contributed by atoms with Crippen LogP contribution in [0.3, 0.4) is 0 Å². The third-order valence-electron chi connectivity index (χ3n) is 4.64. The van der Waals surface area contributed by atoms with E-state index in [4.69, 9.17) is 4.74 Å². The quantitative estimate of drug-likeness (QED) is 0.644. The van der Waals surface area contributed by atoms with Crippen molar-refractivity contribution in [1.82, 2.24) is 4.90 Å². The Morgan fingerprint density at radius 2 is 1.85 bits per heavy atom. The van der Waals surface area contributed by atoms with E-state index in [0.29, 0.717) is 17.9 Å². The van der Waals surface area contributed by atoms with Crippen LogP contribution in [0.15, 0.2) is 66.7 Å². The van der Waals surface area contributed by atoms with Crippen LogP contribution in [-0.4, -0.2) is 29.7 Å². The van der Waals surface area contributed by atoms with Crippen LogP contribution in [0, 0.1) is 0 Å². The maximum absolute atomic E-state index is 13.6. The van der Waals surface area contributed by atoms with Crippen LogP contribution in [0.25, 0.3) is 10.8 Å². The minimum absolute atomic E-state index is 0.0455. The Morgan fingerprint density at radius 1 is 1.08 bits per heavy atom. The summed E-state index contributed by atoms with van der Waals surface area (Å²) in [6.45, 7) is 3.23. The molecule has 0 radical (unpaired) electrons. The lowest BCUT2D eigenvalue weighted by Crippen LogP contribution is -2.31. The second-order valence-corrected chi connectivity index (χ2v) is 7.41. The van der Waals surface area contributed by atoms with Gasteiger partial charge in [-0.25, -0.2) is 0 Å². The van der Waals surface area contributed by atoms with E-state index in [1.807, 2.05) is 78.2 Å². The van der Waals surface area contributed by atoms with E-state index in [2.05, 4.69) is 12.1 Å². The van der Waals surface area contributed by atoms with Crippen LogP contribution < -0.4 is 4.74 Å². The Morgan fingerprint density at radius 3 is 2.65 bits per heavy atom. The molecule has 0 aliphatic carbocycles. The van der Waals surface area contributed by atoms with Crippen LogP contribution in [0.4, 0.5) is 0 Å². The molecule has 3 aromatic carbocycles. The molecule has 4 heteroatoms. The molecule has 0 bridgehead atoms. The number of hydrogen-bond donors (Lipinski definition) is 0. The van der Waals surface area contributed by atoms with Crippen LogP contribution >= 0.6 is 11.8 Å². The molecule has 0 saturated carbocycles. The second-order valence-electron chi connectivity index (χ2n) is 6.23. The fraction of sp³-hybridized carbons (Fsp3) is 0.227. The van der Waals surface area contributed by atoms with Crippen molar-refractivity contribution in [2.45, 2.75) is 12.3 Å². The van der Waals surface area contributed by atoms with Gasteiger partial charge in [-0.05, 0) is 29.3 Å². The monoisotopic (exact) mass is 363 g/mol. The number of ether oxygens (including phenoxy) is 1. The summed E-state index contributed by atoms with van der Waals surface area (Å²) in [6.07, 6.45) is 0. The zero-order valence-corrected chi connectivity index (χ0v) is 15.5. The molecule has 1 atom stereocenters. The zero-order valence-electron chi connectivity index (χ0n) is 14.7. The summed E-state index contributed by atoms with van der Waals surface area (Å²) >= 11 is 1.82. The van der Waals surface area contributed by atoms with Crippen LogP contribution in [0.1, 0.15) is 28.2 Å². The van der Waals surface area contributed by atoms with Crippen LogP contribution in [-0.2, 0) is 0 Å². The van der Waals surface area contributed by atoms with Gasteiger partial charge < -0.3 is 9.64 Å². The van der Waals surface area contributed by atoms with Crippen LogP contribution in [0.5, 0.6) is 5.75 Å². The largest absolute Gasteiger partial charge is 0.493 e. The van der Waals surface area contributed by atoms with E-state index in [1.54, 1.807) is 0 Å². The molecule has 3 nitrogen and oxygen atoms in total. The molecule has 0 N–H and O–H groups in total. The molecule has 1 heterocycles. The first-order chi connectivity index (χ1) is 12.8. The number of carbonyl (C=O) groups is 1. The predicted molar refractivity (Wildman–Crippen MR) is 108 cm³/mol. The molecule has 1 amide bonds. The number of fused-ring (bicyclic) bond motifs is 1. The Labute approximate surface area is 158 Å². The number of thioether (sulfide) groups is 1. The highest BCUT2D eigenvalue weighted by Gasteiger charge is 2.33. The minimum atomic E-state index is 0.0455. The second kappa shape index (κ2) is 7.42. The number of carbonyl (C=O) groups excluding carboxylic acids is 1. The normalized spacial score (nSPS) is 16.8. The van der Waals surface area contributed by atoms with Crippen molar-refractivity contribution in [2.75, 3.05) is 18.9 Å². The standard InChI is InChI=1S/C22H21NO2S/c1-2-25-19-13-12-16-8-6-7-11-18(16)20(19)21(24)23-14-15-26-22(23)17-9-4-3-5-10-17/h3-13,22H,2,14-15H2,1H3. The molecule has 1 unspecified atom stereocenters. The Balaban J connectivity index is 1.79. The van der Waals surface area contributed by atoms with Crippen LogP contribution in [0.2, 0.25) is 0 Å². The maximum Gasteiger partial charge on any atom is 0.259 e. The van der Waals surface area contributed by atoms with Gasteiger partial charge >= 0.3 is 0 Å². The lowest BCUT2D eigenvalue weighted by atomic mass is 10.0. The first kappa shape index (κ1) is 17.0. The molecule has 3 aromatic rings. The summed E-state index contributed by atoms with van der Waals surface area (Å²) in [5.74, 6) is 1.66. The van der Waals surface area contributed by atoms with Crippen molar-refractivity contribution in [3.05, 3.63) is 77.9 Å². The summed E-state index contributed by atoms with van der Waals surface area (Å²) in [4.78, 5) is 15.5. The van der Waals surface area contributed by atoms with E-state index >= 15 is 0 Å². The fourth-order valence-electron chi connectivity index (χ4n) is 3.46. The van der Waals surface area contributed by atoms with Gasteiger partial charge in [0.1, 0.15) is 11.1 Å². The Kier molecular flexibility index (Phi) is 4.85. The van der Waals surface area contributed by atoms with Gasteiger partial charge in [0, 0.05) is 12.3 Å². The van der Waals surface area contributed by atoms with Crippen molar-refractivity contribution in [3.63, 3.8) is 0 Å². The molecule has 0 spiro atoms. The molecule has 1 aliphatic rings. The third-order valence-corrected chi connectivity index (χ3v) is 5.90. The molecule has 26 heavy (non-hydrogen) atoms. The van der Waals surface area contributed by atoms with E-state index in [9.17, 15) is 4.79 Å². The first-order valence-electron chi connectivity index (χ1n) is 8.91. The molecule has 0 aromatic heterocycles. The van der Waals surface area contributed by atoms with E-state index in [-0.39, 0.29) is 11.3 Å². The Bertz CT molecular complexity index is 926. The molecule has 4 rings (SSSR count). The average molecular weight is 363 g/mol. The lowest BCUT2D eigenvalue weighted by Gasteiger charge is -2.25. The van der Waals surface area contributed by atoms with Crippen molar-refractivity contribution in [3.8, 4) is 5.75 Å². The van der Waals surface area contributed by atoms with Crippen molar-refractivity contribution < 1.29 is 9.53 Å². The van der Waals surface area contributed by atoms with E-state index < -0.39 is 0 Å². The zero-order chi connectivity index (χ0) is 17.9.